The second-order valence-electron chi connectivity index (χ2n) is 3.18. The monoisotopic (exact) mass is 218 g/mol. The number of ether oxygens (including phenoxy) is 1. The molecule has 0 spiro atoms. The summed E-state index contributed by atoms with van der Waals surface area (Å²) in [7, 11) is 0. The van der Waals surface area contributed by atoms with Crippen molar-refractivity contribution in [2.24, 2.45) is 5.92 Å². The molecule has 1 aliphatic carbocycles. The van der Waals surface area contributed by atoms with Gasteiger partial charge in [-0.15, -0.1) is 0 Å². The van der Waals surface area contributed by atoms with Gasteiger partial charge >= 0.3 is 0 Å². The lowest BCUT2D eigenvalue weighted by Gasteiger charge is -2.08. The van der Waals surface area contributed by atoms with Crippen molar-refractivity contribution < 1.29 is 4.74 Å². The standard InChI is InChI=1S/C9H15BrO/c1-8(10)6-11-7-9-4-2-3-5-9/h9H,1-7H2. The summed E-state index contributed by atoms with van der Waals surface area (Å²) in [5.41, 5.74) is 0. The van der Waals surface area contributed by atoms with Crippen LogP contribution in [0.1, 0.15) is 25.7 Å². The van der Waals surface area contributed by atoms with Crippen molar-refractivity contribution in [1.29, 1.82) is 0 Å². The SMILES string of the molecule is C=C(Br)COCC1CCCC1. The summed E-state index contributed by atoms with van der Waals surface area (Å²) in [6.45, 7) is 5.30. The molecule has 64 valence electrons. The topological polar surface area (TPSA) is 9.23 Å². The molecule has 0 bridgehead atoms. The molecule has 0 N–H and O–H groups in total. The van der Waals surface area contributed by atoms with Gasteiger partial charge in [0.1, 0.15) is 0 Å². The largest absolute Gasteiger partial charge is 0.376 e. The Morgan fingerprint density at radius 2 is 2.09 bits per heavy atom. The van der Waals surface area contributed by atoms with Crippen LogP contribution in [0.5, 0.6) is 0 Å². The van der Waals surface area contributed by atoms with Gasteiger partial charge in [0.05, 0.1) is 6.61 Å². The van der Waals surface area contributed by atoms with Crippen LogP contribution in [0.2, 0.25) is 0 Å². The minimum atomic E-state index is 0.663. The molecule has 0 aromatic heterocycles. The molecule has 1 rings (SSSR count). The Hall–Kier alpha value is 0.180. The van der Waals surface area contributed by atoms with Crippen molar-refractivity contribution >= 4 is 15.9 Å². The second kappa shape index (κ2) is 4.94. The predicted octanol–water partition coefficient (Wildman–Crippen LogP) is 3.10. The van der Waals surface area contributed by atoms with Crippen LogP contribution in [0.4, 0.5) is 0 Å². The summed E-state index contributed by atoms with van der Waals surface area (Å²) in [5.74, 6) is 0.821. The summed E-state index contributed by atoms with van der Waals surface area (Å²) in [6.07, 6.45) is 5.50. The van der Waals surface area contributed by atoms with E-state index in [1.807, 2.05) is 0 Å². The molecule has 0 aromatic carbocycles. The van der Waals surface area contributed by atoms with Crippen LogP contribution in [0.3, 0.4) is 0 Å². The molecule has 1 aliphatic rings. The van der Waals surface area contributed by atoms with E-state index < -0.39 is 0 Å². The lowest BCUT2D eigenvalue weighted by molar-refractivity contribution is 0.124. The van der Waals surface area contributed by atoms with Crippen LogP contribution >= 0.6 is 15.9 Å². The van der Waals surface area contributed by atoms with Gasteiger partial charge in [0.15, 0.2) is 0 Å². The molecule has 0 aliphatic heterocycles. The highest BCUT2D eigenvalue weighted by Gasteiger charge is 2.14. The molecule has 1 fully saturated rings. The molecule has 0 saturated heterocycles. The van der Waals surface area contributed by atoms with Gasteiger partial charge in [-0.1, -0.05) is 35.4 Å². The fourth-order valence-corrected chi connectivity index (χ4v) is 1.68. The highest BCUT2D eigenvalue weighted by Crippen LogP contribution is 2.24. The van der Waals surface area contributed by atoms with E-state index in [9.17, 15) is 0 Å². The van der Waals surface area contributed by atoms with Crippen molar-refractivity contribution in [3.8, 4) is 0 Å². The Balaban J connectivity index is 1.98. The predicted molar refractivity (Wildman–Crippen MR) is 50.8 cm³/mol. The average Bonchev–Trinajstić information content (AvgIpc) is 2.39. The van der Waals surface area contributed by atoms with E-state index >= 15 is 0 Å². The van der Waals surface area contributed by atoms with Gasteiger partial charge in [0.25, 0.3) is 0 Å². The van der Waals surface area contributed by atoms with Gasteiger partial charge in [0.2, 0.25) is 0 Å². The fourth-order valence-electron chi connectivity index (χ4n) is 1.51. The molecule has 0 heterocycles. The van der Waals surface area contributed by atoms with Crippen LogP contribution in [0.25, 0.3) is 0 Å². The lowest BCUT2D eigenvalue weighted by atomic mass is 10.1. The van der Waals surface area contributed by atoms with Crippen molar-refractivity contribution in [2.75, 3.05) is 13.2 Å². The summed E-state index contributed by atoms with van der Waals surface area (Å²) in [5, 5.41) is 0. The number of hydrogen-bond donors (Lipinski definition) is 0. The maximum absolute atomic E-state index is 5.43. The molecule has 1 nitrogen and oxygen atoms in total. The highest BCUT2D eigenvalue weighted by atomic mass is 79.9. The van der Waals surface area contributed by atoms with Crippen LogP contribution < -0.4 is 0 Å². The molecule has 2 heteroatoms. The third-order valence-electron chi connectivity index (χ3n) is 2.09. The minimum absolute atomic E-state index is 0.663. The van der Waals surface area contributed by atoms with E-state index in [1.54, 1.807) is 0 Å². The number of rotatable bonds is 4. The minimum Gasteiger partial charge on any atom is -0.376 e. The van der Waals surface area contributed by atoms with Gasteiger partial charge in [-0.05, 0) is 18.8 Å². The Labute approximate surface area is 76.9 Å². The summed E-state index contributed by atoms with van der Waals surface area (Å²) >= 11 is 3.26. The van der Waals surface area contributed by atoms with Crippen molar-refractivity contribution in [2.45, 2.75) is 25.7 Å². The fraction of sp³-hybridized carbons (Fsp3) is 0.778. The first-order valence-electron chi connectivity index (χ1n) is 4.20. The van der Waals surface area contributed by atoms with Gasteiger partial charge in [0, 0.05) is 11.1 Å². The number of halogens is 1. The zero-order valence-corrected chi connectivity index (χ0v) is 8.40. The quantitative estimate of drug-likeness (QED) is 0.705. The van der Waals surface area contributed by atoms with E-state index in [0.717, 1.165) is 17.0 Å². The molecule has 11 heavy (non-hydrogen) atoms. The molecule has 0 amide bonds. The molecular formula is C9H15BrO. The van der Waals surface area contributed by atoms with Gasteiger partial charge < -0.3 is 4.74 Å². The van der Waals surface area contributed by atoms with Crippen molar-refractivity contribution in [3.63, 3.8) is 0 Å². The summed E-state index contributed by atoms with van der Waals surface area (Å²) in [4.78, 5) is 0. The Morgan fingerprint density at radius 3 is 2.64 bits per heavy atom. The Kier molecular flexibility index (Phi) is 4.16. The Morgan fingerprint density at radius 1 is 1.45 bits per heavy atom. The second-order valence-corrected chi connectivity index (χ2v) is 4.30. The molecule has 0 unspecified atom stereocenters. The summed E-state index contributed by atoms with van der Waals surface area (Å²) in [6, 6.07) is 0. The van der Waals surface area contributed by atoms with Crippen LogP contribution in [-0.2, 0) is 4.74 Å². The zero-order chi connectivity index (χ0) is 8.10. The van der Waals surface area contributed by atoms with Gasteiger partial charge in [-0.2, -0.15) is 0 Å². The van der Waals surface area contributed by atoms with Crippen LogP contribution in [0.15, 0.2) is 11.1 Å². The smallest absolute Gasteiger partial charge is 0.0775 e. The first-order chi connectivity index (χ1) is 5.29. The van der Waals surface area contributed by atoms with Crippen LogP contribution in [-0.4, -0.2) is 13.2 Å². The third kappa shape index (κ3) is 3.92. The van der Waals surface area contributed by atoms with Crippen molar-refractivity contribution in [1.82, 2.24) is 0 Å². The van der Waals surface area contributed by atoms with E-state index in [1.165, 1.54) is 25.7 Å². The number of hydrogen-bond acceptors (Lipinski definition) is 1. The van der Waals surface area contributed by atoms with Gasteiger partial charge in [-0.3, -0.25) is 0 Å². The highest BCUT2D eigenvalue weighted by molar-refractivity contribution is 9.11. The zero-order valence-electron chi connectivity index (χ0n) is 6.81. The Bertz CT molecular complexity index is 128. The molecule has 0 atom stereocenters. The molecular weight excluding hydrogens is 204 g/mol. The van der Waals surface area contributed by atoms with Crippen molar-refractivity contribution in [3.05, 3.63) is 11.1 Å². The maximum atomic E-state index is 5.43. The first kappa shape index (κ1) is 9.27. The normalized spacial score (nSPS) is 19.0. The van der Waals surface area contributed by atoms with E-state index in [0.29, 0.717) is 6.61 Å². The molecule has 0 radical (unpaired) electrons. The van der Waals surface area contributed by atoms with Gasteiger partial charge in [-0.25, -0.2) is 0 Å². The third-order valence-corrected chi connectivity index (χ3v) is 2.32. The van der Waals surface area contributed by atoms with Crippen LogP contribution in [0, 0.1) is 5.92 Å². The first-order valence-corrected chi connectivity index (χ1v) is 4.99. The molecule has 0 aromatic rings. The van der Waals surface area contributed by atoms with E-state index in [2.05, 4.69) is 22.5 Å². The average molecular weight is 219 g/mol. The molecule has 1 saturated carbocycles. The van der Waals surface area contributed by atoms with E-state index in [-0.39, 0.29) is 0 Å². The maximum Gasteiger partial charge on any atom is 0.0775 e. The summed E-state index contributed by atoms with van der Waals surface area (Å²) < 4.78 is 6.37. The lowest BCUT2D eigenvalue weighted by Crippen LogP contribution is -2.05. The van der Waals surface area contributed by atoms with E-state index in [4.69, 9.17) is 4.74 Å².